The lowest BCUT2D eigenvalue weighted by Gasteiger charge is -2.22. The number of rotatable bonds is 7. The minimum Gasteiger partial charge on any atom is -0.460 e. The molecule has 0 spiro atoms. The van der Waals surface area contributed by atoms with E-state index in [0.29, 0.717) is 6.54 Å². The molecule has 1 aromatic rings. The molecule has 0 fully saturated rings. The smallest absolute Gasteiger partial charge is 0.310 e. The van der Waals surface area contributed by atoms with Crippen LogP contribution in [0.25, 0.3) is 0 Å². The van der Waals surface area contributed by atoms with Gasteiger partial charge in [-0.15, -0.1) is 0 Å². The number of benzene rings is 1. The zero-order valence-electron chi connectivity index (χ0n) is 13.1. The van der Waals surface area contributed by atoms with E-state index in [2.05, 4.69) is 29.6 Å². The first kappa shape index (κ1) is 16.7. The summed E-state index contributed by atoms with van der Waals surface area (Å²) in [7, 11) is 0. The van der Waals surface area contributed by atoms with Gasteiger partial charge in [0.1, 0.15) is 5.60 Å². The van der Waals surface area contributed by atoms with Crippen LogP contribution < -0.4 is 5.32 Å². The first-order valence-electron chi connectivity index (χ1n) is 7.36. The fraction of sp³-hybridized carbons (Fsp3) is 0.588. The van der Waals surface area contributed by atoms with Gasteiger partial charge < -0.3 is 10.1 Å². The Labute approximate surface area is 122 Å². The van der Waals surface area contributed by atoms with Gasteiger partial charge in [0.05, 0.1) is 5.92 Å². The monoisotopic (exact) mass is 277 g/mol. The van der Waals surface area contributed by atoms with Gasteiger partial charge in [0.25, 0.3) is 0 Å². The Bertz CT molecular complexity index is 395. The third kappa shape index (κ3) is 7.29. The summed E-state index contributed by atoms with van der Waals surface area (Å²) in [6.07, 6.45) is 2.14. The maximum absolute atomic E-state index is 11.8. The highest BCUT2D eigenvalue weighted by molar-refractivity contribution is 5.72. The highest BCUT2D eigenvalue weighted by Crippen LogP contribution is 2.10. The topological polar surface area (TPSA) is 38.3 Å². The van der Waals surface area contributed by atoms with Gasteiger partial charge in [-0.1, -0.05) is 37.3 Å². The third-order valence-corrected chi connectivity index (χ3v) is 2.92. The summed E-state index contributed by atoms with van der Waals surface area (Å²) in [5.74, 6) is -0.237. The molecule has 0 aliphatic rings. The van der Waals surface area contributed by atoms with E-state index in [1.165, 1.54) is 5.56 Å². The van der Waals surface area contributed by atoms with Crippen LogP contribution in [0.15, 0.2) is 30.3 Å². The van der Waals surface area contributed by atoms with Crippen LogP contribution >= 0.6 is 0 Å². The maximum Gasteiger partial charge on any atom is 0.310 e. The molecule has 1 rings (SSSR count). The zero-order chi connectivity index (χ0) is 15.0. The molecule has 0 aliphatic carbocycles. The summed E-state index contributed by atoms with van der Waals surface area (Å²) in [4.78, 5) is 11.8. The lowest BCUT2D eigenvalue weighted by Crippen LogP contribution is -2.33. The van der Waals surface area contributed by atoms with Gasteiger partial charge in [0.15, 0.2) is 0 Å². The molecule has 0 unspecified atom stereocenters. The number of ether oxygens (including phenoxy) is 1. The van der Waals surface area contributed by atoms with Crippen molar-refractivity contribution in [3.63, 3.8) is 0 Å². The average Bonchev–Trinajstić information content (AvgIpc) is 2.37. The number of hydrogen-bond donors (Lipinski definition) is 1. The van der Waals surface area contributed by atoms with E-state index in [1.54, 1.807) is 0 Å². The molecule has 1 atom stereocenters. The molecule has 0 amide bonds. The van der Waals surface area contributed by atoms with E-state index in [0.717, 1.165) is 19.4 Å². The number of nitrogens with one attached hydrogen (secondary N) is 1. The number of esters is 1. The van der Waals surface area contributed by atoms with E-state index >= 15 is 0 Å². The number of hydrogen-bond acceptors (Lipinski definition) is 3. The first-order chi connectivity index (χ1) is 9.38. The van der Waals surface area contributed by atoms with E-state index in [9.17, 15) is 4.79 Å². The Morgan fingerprint density at radius 3 is 2.50 bits per heavy atom. The molecule has 0 aromatic heterocycles. The van der Waals surface area contributed by atoms with Gasteiger partial charge in [-0.2, -0.15) is 0 Å². The van der Waals surface area contributed by atoms with Crippen LogP contribution in [0, 0.1) is 5.92 Å². The molecule has 0 bridgehead atoms. The van der Waals surface area contributed by atoms with Gasteiger partial charge in [0, 0.05) is 6.54 Å². The summed E-state index contributed by atoms with van der Waals surface area (Å²) >= 11 is 0. The van der Waals surface area contributed by atoms with Gasteiger partial charge in [-0.25, -0.2) is 0 Å². The SMILES string of the molecule is C[C@@H](CNCCCc1ccccc1)C(=O)OC(C)(C)C. The Morgan fingerprint density at radius 2 is 1.90 bits per heavy atom. The number of carbonyl (C=O) groups is 1. The van der Waals surface area contributed by atoms with Gasteiger partial charge in [0.2, 0.25) is 0 Å². The van der Waals surface area contributed by atoms with Crippen LogP contribution in [0.3, 0.4) is 0 Å². The summed E-state index contributed by atoms with van der Waals surface area (Å²) in [6.45, 7) is 9.17. The molecule has 0 heterocycles. The fourth-order valence-corrected chi connectivity index (χ4v) is 1.87. The molecule has 20 heavy (non-hydrogen) atoms. The van der Waals surface area contributed by atoms with Crippen LogP contribution in [0.2, 0.25) is 0 Å². The standard InChI is InChI=1S/C17H27NO2/c1-14(16(19)20-17(2,3)4)13-18-12-8-11-15-9-6-5-7-10-15/h5-7,9-10,14,18H,8,11-13H2,1-4H3/t14-/m0/s1. The van der Waals surface area contributed by atoms with Gasteiger partial charge >= 0.3 is 5.97 Å². The molecule has 0 saturated carbocycles. The van der Waals surface area contributed by atoms with E-state index in [4.69, 9.17) is 4.74 Å². The Morgan fingerprint density at radius 1 is 1.25 bits per heavy atom. The van der Waals surface area contributed by atoms with Crippen molar-refractivity contribution in [3.8, 4) is 0 Å². The van der Waals surface area contributed by atoms with Crippen molar-refractivity contribution in [1.29, 1.82) is 0 Å². The van der Waals surface area contributed by atoms with E-state index in [1.807, 2.05) is 33.8 Å². The van der Waals surface area contributed by atoms with Crippen LogP contribution in [0.1, 0.15) is 39.7 Å². The zero-order valence-corrected chi connectivity index (χ0v) is 13.1. The minimum absolute atomic E-state index is 0.106. The molecule has 0 radical (unpaired) electrons. The second-order valence-corrected chi connectivity index (χ2v) is 6.23. The second-order valence-electron chi connectivity index (χ2n) is 6.23. The van der Waals surface area contributed by atoms with Crippen molar-refractivity contribution >= 4 is 5.97 Å². The fourth-order valence-electron chi connectivity index (χ4n) is 1.87. The Hall–Kier alpha value is -1.35. The highest BCUT2D eigenvalue weighted by Gasteiger charge is 2.21. The molecule has 112 valence electrons. The molecular formula is C17H27NO2. The molecule has 1 N–H and O–H groups in total. The lowest BCUT2D eigenvalue weighted by atomic mass is 10.1. The normalized spacial score (nSPS) is 13.0. The second kappa shape index (κ2) is 8.05. The summed E-state index contributed by atoms with van der Waals surface area (Å²) in [6, 6.07) is 10.4. The predicted molar refractivity (Wildman–Crippen MR) is 82.6 cm³/mol. The van der Waals surface area contributed by atoms with E-state index in [-0.39, 0.29) is 11.9 Å². The number of carbonyl (C=O) groups excluding carboxylic acids is 1. The van der Waals surface area contributed by atoms with Crippen LogP contribution in [0.5, 0.6) is 0 Å². The Balaban J connectivity index is 2.13. The average molecular weight is 277 g/mol. The van der Waals surface area contributed by atoms with Crippen molar-refractivity contribution in [2.75, 3.05) is 13.1 Å². The van der Waals surface area contributed by atoms with E-state index < -0.39 is 5.60 Å². The van der Waals surface area contributed by atoms with Crippen molar-refractivity contribution in [3.05, 3.63) is 35.9 Å². The summed E-state index contributed by atoms with van der Waals surface area (Å²) in [5, 5.41) is 3.32. The maximum atomic E-state index is 11.8. The summed E-state index contributed by atoms with van der Waals surface area (Å²) < 4.78 is 5.35. The summed E-state index contributed by atoms with van der Waals surface area (Å²) in [5.41, 5.74) is 0.952. The van der Waals surface area contributed by atoms with Crippen LogP contribution in [-0.2, 0) is 16.0 Å². The van der Waals surface area contributed by atoms with Crippen molar-refractivity contribution in [2.45, 2.75) is 46.1 Å². The quantitative estimate of drug-likeness (QED) is 0.614. The van der Waals surface area contributed by atoms with Gasteiger partial charge in [-0.3, -0.25) is 4.79 Å². The minimum atomic E-state index is -0.404. The largest absolute Gasteiger partial charge is 0.460 e. The molecule has 3 nitrogen and oxygen atoms in total. The number of aryl methyl sites for hydroxylation is 1. The molecule has 1 aromatic carbocycles. The first-order valence-corrected chi connectivity index (χ1v) is 7.36. The highest BCUT2D eigenvalue weighted by atomic mass is 16.6. The Kier molecular flexibility index (Phi) is 6.73. The van der Waals surface area contributed by atoms with Crippen molar-refractivity contribution < 1.29 is 9.53 Å². The molecule has 3 heteroatoms. The third-order valence-electron chi connectivity index (χ3n) is 2.92. The van der Waals surface area contributed by atoms with Crippen molar-refractivity contribution in [1.82, 2.24) is 5.32 Å². The molecule has 0 saturated heterocycles. The molecular weight excluding hydrogens is 250 g/mol. The van der Waals surface area contributed by atoms with Crippen LogP contribution in [0.4, 0.5) is 0 Å². The van der Waals surface area contributed by atoms with Crippen LogP contribution in [-0.4, -0.2) is 24.7 Å². The molecule has 0 aliphatic heterocycles. The lowest BCUT2D eigenvalue weighted by molar-refractivity contribution is -0.159. The predicted octanol–water partition coefficient (Wildman–Crippen LogP) is 3.19. The van der Waals surface area contributed by atoms with Crippen molar-refractivity contribution in [2.24, 2.45) is 5.92 Å². The van der Waals surface area contributed by atoms with Gasteiger partial charge in [-0.05, 0) is 45.7 Å².